The first kappa shape index (κ1) is 68.5. The maximum Gasteiger partial charge on any atom is 0.143 e. The molecule has 0 fully saturated rings. The van der Waals surface area contributed by atoms with Crippen LogP contribution in [0, 0.1) is 0 Å². The number of nitrogens with zero attached hydrogens (tertiary/aromatic N) is 2. The fraction of sp³-hybridized carbons (Fsp3) is 0.0182. The van der Waals surface area contributed by atoms with E-state index in [9.17, 15) is 0 Å². The van der Waals surface area contributed by atoms with Gasteiger partial charge in [0.15, 0.2) is 0 Å². The Balaban J connectivity index is 0.459. The summed E-state index contributed by atoms with van der Waals surface area (Å²) in [6.45, 7) is 1.02. The van der Waals surface area contributed by atoms with Crippen molar-refractivity contribution in [2.24, 2.45) is 0 Å². The monoisotopic (exact) mass is 1500 g/mol. The summed E-state index contributed by atoms with van der Waals surface area (Å²) in [4.78, 5) is 4.65. The second-order valence-electron chi connectivity index (χ2n) is 30.1. The van der Waals surface area contributed by atoms with Crippen molar-refractivity contribution in [3.63, 3.8) is 0 Å². The molecule has 0 spiro atoms. The fourth-order valence-electron chi connectivity index (χ4n) is 17.1. The van der Waals surface area contributed by atoms with E-state index in [-0.39, 0.29) is 0 Å². The van der Waals surface area contributed by atoms with Crippen LogP contribution in [-0.2, 0) is 18.0 Å². The minimum Gasteiger partial charge on any atom is -0.455 e. The molecule has 7 heteroatoms. The van der Waals surface area contributed by atoms with Gasteiger partial charge in [-0.2, -0.15) is 0 Å². The van der Waals surface area contributed by atoms with Gasteiger partial charge in [-0.3, -0.25) is 0 Å². The molecule has 0 aliphatic carbocycles. The molecule has 0 amide bonds. The zero-order valence-electron chi connectivity index (χ0n) is 63.6. The minimum absolute atomic E-state index is 0.511. The average molecular weight is 1500 g/mol. The van der Waals surface area contributed by atoms with Gasteiger partial charge in [0.25, 0.3) is 0 Å². The third-order valence-electron chi connectivity index (χ3n) is 23.2. The highest BCUT2D eigenvalue weighted by Crippen LogP contribution is 2.46. The molecule has 0 bridgehead atoms. The molecule has 0 radical (unpaired) electrons. The van der Waals surface area contributed by atoms with Crippen LogP contribution < -0.4 is 9.80 Å². The lowest BCUT2D eigenvalue weighted by molar-refractivity contribution is 0.107. The van der Waals surface area contributed by atoms with E-state index < -0.39 is 0 Å². The highest BCUT2D eigenvalue weighted by molar-refractivity contribution is 6.13. The average Bonchev–Trinajstić information content (AvgIpc) is 1.75. The molecule has 0 N–H and O–H groups in total. The predicted molar refractivity (Wildman–Crippen MR) is 483 cm³/mol. The Bertz CT molecular complexity index is 6680. The zero-order valence-corrected chi connectivity index (χ0v) is 63.6. The van der Waals surface area contributed by atoms with Crippen LogP contribution in [0.25, 0.3) is 177 Å². The van der Waals surface area contributed by atoms with Crippen molar-refractivity contribution < 1.29 is 22.4 Å². The number of rotatable bonds is 18. The van der Waals surface area contributed by atoms with Gasteiger partial charge in [-0.05, 0) is 175 Å². The molecule has 0 aliphatic rings. The van der Waals surface area contributed by atoms with Crippen LogP contribution in [0.1, 0.15) is 11.1 Å². The van der Waals surface area contributed by atoms with Gasteiger partial charge in [-0.15, -0.1) is 0 Å². The number of hydrogen-bond acceptors (Lipinski definition) is 7. The summed E-state index contributed by atoms with van der Waals surface area (Å²) in [5, 5.41) is 8.93. The van der Waals surface area contributed by atoms with Gasteiger partial charge in [0.1, 0.15) is 44.7 Å². The Labute approximate surface area is 675 Å². The van der Waals surface area contributed by atoms with Crippen LogP contribution in [0.15, 0.2) is 430 Å². The lowest BCUT2D eigenvalue weighted by Gasteiger charge is -2.26. The van der Waals surface area contributed by atoms with Crippen LogP contribution in [0.2, 0.25) is 0 Å². The van der Waals surface area contributed by atoms with E-state index in [0.717, 1.165) is 222 Å². The molecule has 22 rings (SSSR count). The Kier molecular flexibility index (Phi) is 17.0. The van der Waals surface area contributed by atoms with Crippen molar-refractivity contribution in [2.75, 3.05) is 9.80 Å². The van der Waals surface area contributed by atoms with Gasteiger partial charge in [-0.1, -0.05) is 315 Å². The van der Waals surface area contributed by atoms with Crippen molar-refractivity contribution >= 4 is 122 Å². The van der Waals surface area contributed by atoms with Crippen LogP contribution in [0.4, 0.5) is 34.1 Å². The van der Waals surface area contributed by atoms with Crippen molar-refractivity contribution in [1.29, 1.82) is 0 Å². The van der Waals surface area contributed by atoms with E-state index in [4.69, 9.17) is 22.4 Å². The number of hydrogen-bond donors (Lipinski definition) is 0. The minimum atomic E-state index is 0.511. The Morgan fingerprint density at radius 3 is 0.564 bits per heavy atom. The summed E-state index contributed by atoms with van der Waals surface area (Å²) < 4.78 is 32.3. The zero-order chi connectivity index (χ0) is 77.3. The molecular weight excluding hydrogens is 1430 g/mol. The molecule has 18 aromatic carbocycles. The smallest absolute Gasteiger partial charge is 0.143 e. The van der Waals surface area contributed by atoms with Crippen molar-refractivity contribution in [1.82, 2.24) is 0 Å². The molecule has 0 aliphatic heterocycles. The molecule has 4 aromatic heterocycles. The highest BCUT2D eigenvalue weighted by atomic mass is 16.5. The largest absolute Gasteiger partial charge is 0.455 e. The van der Waals surface area contributed by atoms with Crippen molar-refractivity contribution in [3.8, 4) is 89.0 Å². The maximum absolute atomic E-state index is 6.48. The molecule has 22 aromatic rings. The first-order valence-electron chi connectivity index (χ1n) is 39.8. The van der Waals surface area contributed by atoms with E-state index in [1.54, 1.807) is 0 Å². The molecule has 0 atom stereocenters. The molecular formula is C110H72N2O5. The number of ether oxygens (including phenoxy) is 1. The first-order valence-corrected chi connectivity index (χ1v) is 39.8. The maximum atomic E-state index is 6.48. The van der Waals surface area contributed by atoms with Crippen molar-refractivity contribution in [2.45, 2.75) is 13.2 Å². The molecule has 552 valence electrons. The van der Waals surface area contributed by atoms with Crippen LogP contribution in [0.5, 0.6) is 0 Å². The number of fused-ring (bicyclic) bond motifs is 12. The Hall–Kier alpha value is -15.3. The normalized spacial score (nSPS) is 11.7. The summed E-state index contributed by atoms with van der Waals surface area (Å²) >= 11 is 0. The Morgan fingerprint density at radius 2 is 0.342 bits per heavy atom. The van der Waals surface area contributed by atoms with Crippen LogP contribution >= 0.6 is 0 Å². The van der Waals surface area contributed by atoms with E-state index in [0.29, 0.717) is 13.2 Å². The highest BCUT2D eigenvalue weighted by Gasteiger charge is 2.22. The first-order chi connectivity index (χ1) is 57.9. The van der Waals surface area contributed by atoms with Crippen LogP contribution in [0.3, 0.4) is 0 Å². The summed E-state index contributed by atoms with van der Waals surface area (Å²) in [6.07, 6.45) is 0. The van der Waals surface area contributed by atoms with Gasteiger partial charge >= 0.3 is 0 Å². The molecule has 117 heavy (non-hydrogen) atoms. The number of para-hydroxylation sites is 8. The van der Waals surface area contributed by atoms with Gasteiger partial charge in [0.05, 0.1) is 13.2 Å². The van der Waals surface area contributed by atoms with Crippen molar-refractivity contribution in [3.05, 3.63) is 424 Å². The quantitative estimate of drug-likeness (QED) is 0.0848. The molecule has 0 saturated carbocycles. The van der Waals surface area contributed by atoms with Gasteiger partial charge in [0.2, 0.25) is 0 Å². The number of furan rings is 4. The topological polar surface area (TPSA) is 68.3 Å². The van der Waals surface area contributed by atoms with E-state index in [1.165, 1.54) is 0 Å². The summed E-state index contributed by atoms with van der Waals surface area (Å²) in [7, 11) is 0. The van der Waals surface area contributed by atoms with Gasteiger partial charge in [-0.25, -0.2) is 0 Å². The Morgan fingerprint density at radius 1 is 0.162 bits per heavy atom. The van der Waals surface area contributed by atoms with Gasteiger partial charge in [0, 0.05) is 99.5 Å². The van der Waals surface area contributed by atoms with Gasteiger partial charge < -0.3 is 32.2 Å². The predicted octanol–water partition coefficient (Wildman–Crippen LogP) is 31.3. The van der Waals surface area contributed by atoms with Crippen LogP contribution in [-0.4, -0.2) is 0 Å². The van der Waals surface area contributed by atoms with E-state index in [1.807, 2.05) is 48.5 Å². The lowest BCUT2D eigenvalue weighted by atomic mass is 9.99. The SMILES string of the molecule is c1ccc2c(c1)oc1c(-c3ccc(N(c4ccc(-c5ccc(-c6ccc(COCc7ccc(-c8ccc(-c9ccc(N(c%10ccc(-c%11cccc%12c%11oc%11ccccc%11%12)cc%10)c%10ccc(-c%11cccc%12c%11oc%11ccccc%11%12)cc%10)cc9)cc8)cc7)cc6)cc5)cc4)c4ccc(-c5cccc6c5oc5ccccc56)cc4)cc3)cccc12. The fourth-order valence-corrected chi connectivity index (χ4v) is 17.1. The number of anilines is 6. The third kappa shape index (κ3) is 12.6. The van der Waals surface area contributed by atoms with E-state index in [2.05, 4.69) is 374 Å². The summed E-state index contributed by atoms with van der Waals surface area (Å²) in [5.74, 6) is 0. The van der Waals surface area contributed by atoms with E-state index >= 15 is 0 Å². The summed E-state index contributed by atoms with van der Waals surface area (Å²) in [5.41, 5.74) is 33.4. The second kappa shape index (κ2) is 29.0. The lowest BCUT2D eigenvalue weighted by Crippen LogP contribution is -2.09. The third-order valence-corrected chi connectivity index (χ3v) is 23.2. The summed E-state index contributed by atoms with van der Waals surface area (Å²) in [6, 6.07) is 147. The molecule has 4 heterocycles. The standard InChI is InChI=1S/C110H72N2O5/c1-5-25-103-95(13-1)99-21-9-17-91(107(99)114-103)81-49-61-87(62-50-81)111(88-63-51-82(52-64-88)92-18-10-22-100-96-14-2-6-26-104(96)115-108(92)100)85-57-45-79(46-58-85)77-41-37-75(38-42-77)73-33-29-71(30-34-73)69-113-70-72-31-35-74(36-32-72)76-39-43-78(44-40-76)80-47-59-86(60-48-80)112(89-65-53-83(54-66-89)93-19-11-23-101-97-15-3-7-27-105(97)116-109(93)101)90-67-55-84(56-68-90)94-20-12-24-102-98-16-4-8-28-106(98)117-110(94)102/h1-68H,69-70H2. The molecule has 0 unspecified atom stereocenters. The molecule has 7 nitrogen and oxygen atoms in total. The molecule has 0 saturated heterocycles. The number of benzene rings is 18. The second-order valence-corrected chi connectivity index (χ2v) is 30.1.